The number of hydrogen-bond acceptors (Lipinski definition) is 3. The molecular formula is C18H29FIN3O2. The molecular weight excluding hydrogens is 436 g/mol. The number of benzene rings is 1. The quantitative estimate of drug-likeness (QED) is 0.282. The zero-order chi connectivity index (χ0) is 17.2. The van der Waals surface area contributed by atoms with Crippen molar-refractivity contribution in [1.29, 1.82) is 0 Å². The van der Waals surface area contributed by atoms with Crippen LogP contribution in [0.5, 0.6) is 0 Å². The van der Waals surface area contributed by atoms with E-state index in [0.29, 0.717) is 24.2 Å². The van der Waals surface area contributed by atoms with E-state index in [1.54, 1.807) is 26.1 Å². The van der Waals surface area contributed by atoms with E-state index in [4.69, 9.17) is 9.47 Å². The minimum absolute atomic E-state index is 0. The summed E-state index contributed by atoms with van der Waals surface area (Å²) in [6, 6.07) is 5.26. The number of guanidine groups is 1. The number of hydrogen-bond donors (Lipinski definition) is 2. The van der Waals surface area contributed by atoms with E-state index < -0.39 is 0 Å². The smallest absolute Gasteiger partial charge is 0.191 e. The summed E-state index contributed by atoms with van der Waals surface area (Å²) in [6.07, 6.45) is 3.23. The molecule has 1 aliphatic rings. The van der Waals surface area contributed by atoms with Gasteiger partial charge >= 0.3 is 0 Å². The summed E-state index contributed by atoms with van der Waals surface area (Å²) >= 11 is 0. The van der Waals surface area contributed by atoms with E-state index in [0.717, 1.165) is 51.2 Å². The van der Waals surface area contributed by atoms with Crippen LogP contribution < -0.4 is 10.6 Å². The van der Waals surface area contributed by atoms with Gasteiger partial charge in [-0.25, -0.2) is 4.39 Å². The average molecular weight is 465 g/mol. The molecule has 0 spiro atoms. The van der Waals surface area contributed by atoms with Crippen molar-refractivity contribution in [2.75, 3.05) is 33.4 Å². The maximum atomic E-state index is 13.5. The first kappa shape index (κ1) is 22.1. The van der Waals surface area contributed by atoms with Gasteiger partial charge in [0.2, 0.25) is 0 Å². The second-order valence-electron chi connectivity index (χ2n) is 5.97. The van der Waals surface area contributed by atoms with Crippen molar-refractivity contribution in [3.05, 3.63) is 35.1 Å². The first-order valence-electron chi connectivity index (χ1n) is 8.58. The summed E-state index contributed by atoms with van der Waals surface area (Å²) in [7, 11) is 1.73. The Morgan fingerprint density at radius 3 is 2.76 bits per heavy atom. The third-order valence-corrected chi connectivity index (χ3v) is 4.06. The third kappa shape index (κ3) is 8.33. The Hall–Kier alpha value is -0.930. The van der Waals surface area contributed by atoms with Crippen molar-refractivity contribution in [1.82, 2.24) is 10.6 Å². The highest BCUT2D eigenvalue weighted by Gasteiger charge is 2.13. The first-order valence-corrected chi connectivity index (χ1v) is 8.58. The Balaban J connectivity index is 0.00000312. The van der Waals surface area contributed by atoms with Crippen LogP contribution in [0.1, 0.15) is 30.4 Å². The van der Waals surface area contributed by atoms with Crippen LogP contribution in [0.4, 0.5) is 4.39 Å². The van der Waals surface area contributed by atoms with Gasteiger partial charge in [-0.05, 0) is 43.4 Å². The molecule has 5 nitrogen and oxygen atoms in total. The SMILES string of the molecule is CN=C(NCCCOC1CCOCC1)NCc1ccc(C)c(F)c1.I. The molecule has 0 bridgehead atoms. The van der Waals surface area contributed by atoms with E-state index in [9.17, 15) is 4.39 Å². The summed E-state index contributed by atoms with van der Waals surface area (Å²) < 4.78 is 24.7. The van der Waals surface area contributed by atoms with Crippen LogP contribution in [0, 0.1) is 12.7 Å². The maximum Gasteiger partial charge on any atom is 0.191 e. The topological polar surface area (TPSA) is 54.9 Å². The minimum atomic E-state index is -0.178. The van der Waals surface area contributed by atoms with Crippen LogP contribution in [-0.2, 0) is 16.0 Å². The van der Waals surface area contributed by atoms with E-state index >= 15 is 0 Å². The average Bonchev–Trinajstić information content (AvgIpc) is 2.61. The molecule has 1 fully saturated rings. The summed E-state index contributed by atoms with van der Waals surface area (Å²) in [5.41, 5.74) is 1.55. The molecule has 1 aromatic carbocycles. The Kier molecular flexibility index (Phi) is 11.0. The van der Waals surface area contributed by atoms with Crippen LogP contribution in [0.3, 0.4) is 0 Å². The fourth-order valence-electron chi connectivity index (χ4n) is 2.52. The fourth-order valence-corrected chi connectivity index (χ4v) is 2.52. The van der Waals surface area contributed by atoms with Crippen LogP contribution in [0.2, 0.25) is 0 Å². The van der Waals surface area contributed by atoms with Crippen LogP contribution in [0.25, 0.3) is 0 Å². The normalized spacial score (nSPS) is 15.6. The zero-order valence-electron chi connectivity index (χ0n) is 15.0. The number of rotatable bonds is 7. The Bertz CT molecular complexity index is 537. The van der Waals surface area contributed by atoms with E-state index in [1.165, 1.54) is 0 Å². The fraction of sp³-hybridized carbons (Fsp3) is 0.611. The molecule has 0 radical (unpaired) electrons. The summed E-state index contributed by atoms with van der Waals surface area (Å²) in [5.74, 6) is 0.532. The monoisotopic (exact) mass is 465 g/mol. The van der Waals surface area contributed by atoms with Crippen molar-refractivity contribution in [3.63, 3.8) is 0 Å². The minimum Gasteiger partial charge on any atom is -0.381 e. The highest BCUT2D eigenvalue weighted by Crippen LogP contribution is 2.10. The third-order valence-electron chi connectivity index (χ3n) is 4.06. The second-order valence-corrected chi connectivity index (χ2v) is 5.97. The first-order chi connectivity index (χ1) is 11.7. The molecule has 7 heteroatoms. The predicted molar refractivity (Wildman–Crippen MR) is 109 cm³/mol. The Morgan fingerprint density at radius 2 is 2.08 bits per heavy atom. The summed E-state index contributed by atoms with van der Waals surface area (Å²) in [4.78, 5) is 4.17. The number of ether oxygens (including phenoxy) is 2. The molecule has 142 valence electrons. The van der Waals surface area contributed by atoms with Crippen molar-refractivity contribution in [2.45, 2.75) is 38.8 Å². The van der Waals surface area contributed by atoms with Crippen molar-refractivity contribution < 1.29 is 13.9 Å². The zero-order valence-corrected chi connectivity index (χ0v) is 17.3. The number of aryl methyl sites for hydroxylation is 1. The molecule has 1 heterocycles. The molecule has 2 rings (SSSR count). The predicted octanol–water partition coefficient (Wildman–Crippen LogP) is 3.00. The number of nitrogens with zero attached hydrogens (tertiary/aromatic N) is 1. The number of nitrogens with one attached hydrogen (secondary N) is 2. The molecule has 0 aliphatic carbocycles. The lowest BCUT2D eigenvalue weighted by molar-refractivity contribution is -0.0320. The van der Waals surface area contributed by atoms with Gasteiger partial charge in [-0.3, -0.25) is 4.99 Å². The van der Waals surface area contributed by atoms with Gasteiger partial charge in [0.15, 0.2) is 5.96 Å². The van der Waals surface area contributed by atoms with Gasteiger partial charge in [-0.1, -0.05) is 12.1 Å². The lowest BCUT2D eigenvalue weighted by Crippen LogP contribution is -2.37. The Labute approximate surface area is 166 Å². The lowest BCUT2D eigenvalue weighted by atomic mass is 10.1. The van der Waals surface area contributed by atoms with E-state index in [2.05, 4.69) is 15.6 Å². The highest BCUT2D eigenvalue weighted by atomic mass is 127. The van der Waals surface area contributed by atoms with E-state index in [1.807, 2.05) is 6.07 Å². The van der Waals surface area contributed by atoms with Crippen LogP contribution >= 0.6 is 24.0 Å². The van der Waals surface area contributed by atoms with Gasteiger partial charge in [-0.15, -0.1) is 24.0 Å². The largest absolute Gasteiger partial charge is 0.381 e. The second kappa shape index (κ2) is 12.4. The molecule has 25 heavy (non-hydrogen) atoms. The molecule has 0 atom stereocenters. The molecule has 1 saturated heterocycles. The van der Waals surface area contributed by atoms with Crippen molar-refractivity contribution in [3.8, 4) is 0 Å². The molecule has 0 aromatic heterocycles. The van der Waals surface area contributed by atoms with Crippen molar-refractivity contribution in [2.24, 2.45) is 4.99 Å². The maximum absolute atomic E-state index is 13.5. The molecule has 2 N–H and O–H groups in total. The molecule has 0 saturated carbocycles. The number of aliphatic imine (C=N–C) groups is 1. The van der Waals surface area contributed by atoms with Gasteiger partial charge in [0, 0.05) is 40.0 Å². The molecule has 0 unspecified atom stereocenters. The summed E-state index contributed by atoms with van der Waals surface area (Å²) in [5, 5.41) is 6.43. The Morgan fingerprint density at radius 1 is 1.32 bits per heavy atom. The molecule has 1 aliphatic heterocycles. The molecule has 0 amide bonds. The summed E-state index contributed by atoms with van der Waals surface area (Å²) in [6.45, 7) is 5.42. The molecule has 1 aromatic rings. The highest BCUT2D eigenvalue weighted by molar-refractivity contribution is 14.0. The van der Waals surface area contributed by atoms with Gasteiger partial charge < -0.3 is 20.1 Å². The van der Waals surface area contributed by atoms with Crippen LogP contribution in [0.15, 0.2) is 23.2 Å². The van der Waals surface area contributed by atoms with Gasteiger partial charge in [0.25, 0.3) is 0 Å². The van der Waals surface area contributed by atoms with Crippen LogP contribution in [-0.4, -0.2) is 45.5 Å². The standard InChI is InChI=1S/C18H28FN3O2.HI/c1-14-4-5-15(12-17(14)19)13-22-18(20-2)21-8-3-9-24-16-6-10-23-11-7-16;/h4-5,12,16H,3,6-11,13H2,1-2H3,(H2,20,21,22);1H. The van der Waals surface area contributed by atoms with Crippen molar-refractivity contribution >= 4 is 29.9 Å². The lowest BCUT2D eigenvalue weighted by Gasteiger charge is -2.22. The van der Waals surface area contributed by atoms with Gasteiger partial charge in [-0.2, -0.15) is 0 Å². The van der Waals surface area contributed by atoms with Gasteiger partial charge in [0.1, 0.15) is 5.82 Å². The van der Waals surface area contributed by atoms with E-state index in [-0.39, 0.29) is 29.8 Å². The van der Waals surface area contributed by atoms with Gasteiger partial charge in [0.05, 0.1) is 6.10 Å². The number of halogens is 2.